The van der Waals surface area contributed by atoms with Gasteiger partial charge in [0.05, 0.1) is 10.6 Å². The number of hydrogen-bond donors (Lipinski definition) is 1. The summed E-state index contributed by atoms with van der Waals surface area (Å²) in [6.07, 6.45) is 1.71. The van der Waals surface area contributed by atoms with Gasteiger partial charge in [-0.25, -0.2) is 8.42 Å². The van der Waals surface area contributed by atoms with Gasteiger partial charge in [-0.2, -0.15) is 0 Å². The van der Waals surface area contributed by atoms with Gasteiger partial charge in [-0.3, -0.25) is 9.52 Å². The average molecular weight is 410 g/mol. The molecule has 0 bridgehead atoms. The fraction of sp³-hybridized carbons (Fsp3) is 0.227. The first-order chi connectivity index (χ1) is 14.0. The van der Waals surface area contributed by atoms with Crippen LogP contribution in [0.5, 0.6) is 0 Å². The number of ether oxygens (including phenoxy) is 1. The van der Waals surface area contributed by atoms with Gasteiger partial charge in [-0.05, 0) is 42.0 Å². The second-order valence-electron chi connectivity index (χ2n) is 7.01. The standard InChI is InChI=1S/C22H22N2O4S/c1-28-15-22(25)24-13-5-8-17-11-12-18(14-20(17)24)23-29(26,27)21-10-4-7-16-6-2-3-9-19(16)21/h2-4,6-7,9-12,14,23H,5,8,13,15H2,1H3. The van der Waals surface area contributed by atoms with Crippen molar-refractivity contribution in [2.75, 3.05) is 29.9 Å². The first-order valence-electron chi connectivity index (χ1n) is 9.42. The number of anilines is 2. The molecule has 0 spiro atoms. The molecule has 1 aliphatic heterocycles. The van der Waals surface area contributed by atoms with Gasteiger partial charge >= 0.3 is 0 Å². The van der Waals surface area contributed by atoms with E-state index in [1.807, 2.05) is 30.3 Å². The first kappa shape index (κ1) is 19.4. The summed E-state index contributed by atoms with van der Waals surface area (Å²) < 4.78 is 33.8. The molecule has 1 N–H and O–H groups in total. The van der Waals surface area contributed by atoms with Gasteiger partial charge in [0.15, 0.2) is 0 Å². The summed E-state index contributed by atoms with van der Waals surface area (Å²) in [5, 5.41) is 1.52. The second kappa shape index (κ2) is 7.85. The highest BCUT2D eigenvalue weighted by molar-refractivity contribution is 7.93. The maximum Gasteiger partial charge on any atom is 0.262 e. The minimum Gasteiger partial charge on any atom is -0.375 e. The van der Waals surface area contributed by atoms with Crippen LogP contribution in [0.1, 0.15) is 12.0 Å². The second-order valence-corrected chi connectivity index (χ2v) is 8.66. The number of sulfonamides is 1. The minimum absolute atomic E-state index is 0.00853. The van der Waals surface area contributed by atoms with Gasteiger partial charge < -0.3 is 9.64 Å². The fourth-order valence-electron chi connectivity index (χ4n) is 3.74. The number of aryl methyl sites for hydroxylation is 1. The summed E-state index contributed by atoms with van der Waals surface area (Å²) in [5.74, 6) is -0.137. The molecule has 0 radical (unpaired) electrons. The lowest BCUT2D eigenvalue weighted by Gasteiger charge is -2.30. The van der Waals surface area contributed by atoms with Crippen LogP contribution in [0.15, 0.2) is 65.6 Å². The van der Waals surface area contributed by atoms with Crippen molar-refractivity contribution in [3.8, 4) is 0 Å². The molecule has 0 fully saturated rings. The lowest BCUT2D eigenvalue weighted by Crippen LogP contribution is -2.37. The number of benzene rings is 3. The Morgan fingerprint density at radius 1 is 1.10 bits per heavy atom. The van der Waals surface area contributed by atoms with Crippen LogP contribution in [0, 0.1) is 0 Å². The van der Waals surface area contributed by atoms with Crippen molar-refractivity contribution in [2.45, 2.75) is 17.7 Å². The van der Waals surface area contributed by atoms with E-state index in [0.29, 0.717) is 17.6 Å². The van der Waals surface area contributed by atoms with Crippen LogP contribution < -0.4 is 9.62 Å². The molecule has 0 saturated heterocycles. The molecule has 1 heterocycles. The highest BCUT2D eigenvalue weighted by Crippen LogP contribution is 2.32. The summed E-state index contributed by atoms with van der Waals surface area (Å²) in [7, 11) is -2.31. The zero-order chi connectivity index (χ0) is 20.4. The fourth-order valence-corrected chi connectivity index (χ4v) is 5.02. The number of nitrogens with zero attached hydrogens (tertiary/aromatic N) is 1. The molecule has 0 saturated carbocycles. The summed E-state index contributed by atoms with van der Waals surface area (Å²) >= 11 is 0. The number of carbonyl (C=O) groups excluding carboxylic acids is 1. The number of nitrogens with one attached hydrogen (secondary N) is 1. The zero-order valence-corrected chi connectivity index (χ0v) is 16.9. The highest BCUT2D eigenvalue weighted by Gasteiger charge is 2.24. The van der Waals surface area contributed by atoms with E-state index in [0.717, 1.165) is 29.5 Å². The van der Waals surface area contributed by atoms with Gasteiger partial charge in [0, 0.05) is 24.7 Å². The van der Waals surface area contributed by atoms with Crippen molar-refractivity contribution in [1.29, 1.82) is 0 Å². The van der Waals surface area contributed by atoms with E-state index in [4.69, 9.17) is 4.74 Å². The Morgan fingerprint density at radius 3 is 2.72 bits per heavy atom. The normalized spacial score (nSPS) is 13.9. The van der Waals surface area contributed by atoms with Gasteiger partial charge in [-0.1, -0.05) is 42.5 Å². The quantitative estimate of drug-likeness (QED) is 0.698. The number of fused-ring (bicyclic) bond motifs is 2. The Hall–Kier alpha value is -2.90. The van der Waals surface area contributed by atoms with Crippen LogP contribution in [0.25, 0.3) is 10.8 Å². The maximum absolute atomic E-state index is 13.1. The van der Waals surface area contributed by atoms with E-state index in [-0.39, 0.29) is 17.4 Å². The zero-order valence-electron chi connectivity index (χ0n) is 16.1. The Labute approximate surface area is 170 Å². The van der Waals surface area contributed by atoms with Crippen molar-refractivity contribution < 1.29 is 17.9 Å². The first-order valence-corrected chi connectivity index (χ1v) is 10.9. The molecule has 150 valence electrons. The molecule has 0 aromatic heterocycles. The molecule has 29 heavy (non-hydrogen) atoms. The van der Waals surface area contributed by atoms with E-state index in [2.05, 4.69) is 4.72 Å². The molecule has 6 nitrogen and oxygen atoms in total. The SMILES string of the molecule is COCC(=O)N1CCCc2ccc(NS(=O)(=O)c3cccc4ccccc34)cc21. The van der Waals surface area contributed by atoms with Crippen LogP contribution >= 0.6 is 0 Å². The number of carbonyl (C=O) groups is 1. The molecule has 1 amide bonds. The van der Waals surface area contributed by atoms with E-state index in [1.165, 1.54) is 7.11 Å². The molecule has 3 aromatic rings. The van der Waals surface area contributed by atoms with Gasteiger partial charge in [0.2, 0.25) is 0 Å². The summed E-state index contributed by atoms with van der Waals surface area (Å²) in [5.41, 5.74) is 2.18. The minimum atomic E-state index is -3.79. The maximum atomic E-state index is 13.1. The molecule has 0 unspecified atom stereocenters. The number of methoxy groups -OCH3 is 1. The highest BCUT2D eigenvalue weighted by atomic mass is 32.2. The smallest absolute Gasteiger partial charge is 0.262 e. The lowest BCUT2D eigenvalue weighted by molar-refractivity contribution is -0.122. The van der Waals surface area contributed by atoms with E-state index in [9.17, 15) is 13.2 Å². The number of hydrogen-bond acceptors (Lipinski definition) is 4. The predicted octanol–water partition coefficient (Wildman–Crippen LogP) is 3.57. The largest absolute Gasteiger partial charge is 0.375 e. The molecule has 1 aliphatic rings. The molecule has 0 aliphatic carbocycles. The average Bonchev–Trinajstić information content (AvgIpc) is 2.72. The van der Waals surface area contributed by atoms with Crippen molar-refractivity contribution in [3.05, 3.63) is 66.2 Å². The van der Waals surface area contributed by atoms with Crippen molar-refractivity contribution in [2.24, 2.45) is 0 Å². The summed E-state index contributed by atoms with van der Waals surface area (Å²) in [4.78, 5) is 14.3. The Balaban J connectivity index is 1.69. The molecule has 7 heteroatoms. The van der Waals surface area contributed by atoms with Crippen molar-refractivity contribution in [3.63, 3.8) is 0 Å². The van der Waals surface area contributed by atoms with Crippen LogP contribution in [-0.4, -0.2) is 34.6 Å². The Kier molecular flexibility index (Phi) is 5.25. The van der Waals surface area contributed by atoms with E-state index in [1.54, 1.807) is 35.2 Å². The van der Waals surface area contributed by atoms with Crippen molar-refractivity contribution >= 4 is 38.1 Å². The molecule has 3 aromatic carbocycles. The van der Waals surface area contributed by atoms with E-state index < -0.39 is 10.0 Å². The van der Waals surface area contributed by atoms with Gasteiger partial charge in [0.25, 0.3) is 15.9 Å². The van der Waals surface area contributed by atoms with Crippen LogP contribution in [0.4, 0.5) is 11.4 Å². The molecule has 0 atom stereocenters. The Morgan fingerprint density at radius 2 is 1.90 bits per heavy atom. The molecular formula is C22H22N2O4S. The molecular weight excluding hydrogens is 388 g/mol. The number of rotatable bonds is 5. The van der Waals surface area contributed by atoms with E-state index >= 15 is 0 Å². The van der Waals surface area contributed by atoms with Crippen LogP contribution in [0.3, 0.4) is 0 Å². The summed E-state index contributed by atoms with van der Waals surface area (Å²) in [6, 6.07) is 17.9. The third kappa shape index (κ3) is 3.83. The Bertz CT molecular complexity index is 1170. The monoisotopic (exact) mass is 410 g/mol. The van der Waals surface area contributed by atoms with Crippen molar-refractivity contribution in [1.82, 2.24) is 0 Å². The lowest BCUT2D eigenvalue weighted by atomic mass is 10.0. The van der Waals surface area contributed by atoms with Gasteiger partial charge in [0.1, 0.15) is 6.61 Å². The number of amides is 1. The summed E-state index contributed by atoms with van der Waals surface area (Å²) in [6.45, 7) is 0.583. The molecule has 4 rings (SSSR count). The van der Waals surface area contributed by atoms with Gasteiger partial charge in [-0.15, -0.1) is 0 Å². The third-order valence-corrected chi connectivity index (χ3v) is 6.50. The van der Waals surface area contributed by atoms with Crippen LogP contribution in [-0.2, 0) is 26.0 Å². The topological polar surface area (TPSA) is 75.7 Å². The third-order valence-electron chi connectivity index (χ3n) is 5.06. The predicted molar refractivity (Wildman–Crippen MR) is 114 cm³/mol. The van der Waals surface area contributed by atoms with Crippen LogP contribution in [0.2, 0.25) is 0 Å².